The summed E-state index contributed by atoms with van der Waals surface area (Å²) in [5, 5.41) is 13.9. The highest BCUT2D eigenvalue weighted by atomic mass is 35.5. The Kier molecular flexibility index (Phi) is 4.55. The summed E-state index contributed by atoms with van der Waals surface area (Å²) in [5.41, 5.74) is 3.17. The first-order chi connectivity index (χ1) is 14.9. The molecule has 0 saturated carbocycles. The number of fused-ring (bicyclic) bond motifs is 1. The minimum atomic E-state index is -0.910. The molecule has 0 spiro atoms. The predicted molar refractivity (Wildman–Crippen MR) is 111 cm³/mol. The summed E-state index contributed by atoms with van der Waals surface area (Å²) < 4.78 is 5.34. The standard InChI is InChI=1S/C21H17ClN6O3/c1-11-4-3-5-13(8-11)19-23-16(31-25-19)10-27-18-17(24-26-27)20(29)28(21(18)30)14-7-6-12(2)15(22)9-14/h3-9,17-18H,10H2,1-2H3/t17-,18+/m0/s1. The quantitative estimate of drug-likeness (QED) is 0.580. The largest absolute Gasteiger partial charge is 0.337 e. The van der Waals surface area contributed by atoms with E-state index >= 15 is 0 Å². The SMILES string of the molecule is Cc1cccc(-c2noc(CN3N=N[C@@H]4C(=O)N(c5ccc(C)c(Cl)c5)C(=O)[C@@H]43)n2)c1. The van der Waals surface area contributed by atoms with Gasteiger partial charge in [0.1, 0.15) is 6.54 Å². The van der Waals surface area contributed by atoms with Gasteiger partial charge in [-0.25, -0.2) is 4.90 Å². The molecule has 0 bridgehead atoms. The van der Waals surface area contributed by atoms with Crippen molar-refractivity contribution in [3.8, 4) is 11.4 Å². The van der Waals surface area contributed by atoms with Gasteiger partial charge in [0.2, 0.25) is 11.7 Å². The van der Waals surface area contributed by atoms with Gasteiger partial charge in [-0.05, 0) is 37.6 Å². The predicted octanol–water partition coefficient (Wildman–Crippen LogP) is 3.50. The molecule has 1 aromatic heterocycles. The number of hydrogen-bond acceptors (Lipinski definition) is 8. The number of carbonyl (C=O) groups excluding carboxylic acids is 2. The first kappa shape index (κ1) is 19.4. The van der Waals surface area contributed by atoms with Crippen molar-refractivity contribution in [2.24, 2.45) is 10.3 Å². The van der Waals surface area contributed by atoms with Crippen LogP contribution in [0.5, 0.6) is 0 Å². The Bertz CT molecular complexity index is 1240. The van der Waals surface area contributed by atoms with Gasteiger partial charge in [0.15, 0.2) is 12.1 Å². The highest BCUT2D eigenvalue weighted by Crippen LogP contribution is 2.34. The van der Waals surface area contributed by atoms with Gasteiger partial charge in [-0.2, -0.15) is 10.1 Å². The maximum absolute atomic E-state index is 13.1. The molecule has 0 radical (unpaired) electrons. The number of carbonyl (C=O) groups is 2. The molecule has 3 aromatic rings. The minimum absolute atomic E-state index is 0.0605. The van der Waals surface area contributed by atoms with E-state index in [1.807, 2.05) is 38.1 Å². The van der Waals surface area contributed by atoms with Crippen LogP contribution in [0.15, 0.2) is 57.3 Å². The number of rotatable bonds is 4. The maximum atomic E-state index is 13.1. The number of amides is 2. The van der Waals surface area contributed by atoms with Crippen LogP contribution >= 0.6 is 11.6 Å². The van der Waals surface area contributed by atoms with Crippen molar-refractivity contribution in [2.75, 3.05) is 4.90 Å². The van der Waals surface area contributed by atoms with Crippen LogP contribution in [0.25, 0.3) is 11.4 Å². The number of nitrogens with zero attached hydrogens (tertiary/aromatic N) is 6. The average molecular weight is 437 g/mol. The minimum Gasteiger partial charge on any atom is -0.337 e. The lowest BCUT2D eigenvalue weighted by Crippen LogP contribution is -2.39. The van der Waals surface area contributed by atoms with Gasteiger partial charge >= 0.3 is 0 Å². The van der Waals surface area contributed by atoms with Crippen LogP contribution < -0.4 is 4.90 Å². The molecular formula is C21H17ClN6O3. The Balaban J connectivity index is 1.37. The summed E-state index contributed by atoms with van der Waals surface area (Å²) in [6.07, 6.45) is 0. The molecule has 10 heteroatoms. The molecule has 2 aromatic carbocycles. The molecule has 3 heterocycles. The Labute approximate surface area is 182 Å². The van der Waals surface area contributed by atoms with Crippen LogP contribution in [0, 0.1) is 13.8 Å². The summed E-state index contributed by atoms with van der Waals surface area (Å²) in [6.45, 7) is 3.88. The molecule has 1 fully saturated rings. The molecule has 2 amide bonds. The fraction of sp³-hybridized carbons (Fsp3) is 0.238. The molecule has 1 saturated heterocycles. The van der Waals surface area contributed by atoms with Gasteiger partial charge in [-0.15, -0.1) is 0 Å². The molecule has 2 aliphatic rings. The Morgan fingerprint density at radius 1 is 1.10 bits per heavy atom. The van der Waals surface area contributed by atoms with E-state index in [4.69, 9.17) is 16.1 Å². The fourth-order valence-electron chi connectivity index (χ4n) is 3.69. The molecule has 156 valence electrons. The van der Waals surface area contributed by atoms with Gasteiger partial charge < -0.3 is 4.52 Å². The van der Waals surface area contributed by atoms with E-state index in [1.54, 1.807) is 18.2 Å². The second-order valence-electron chi connectivity index (χ2n) is 7.52. The first-order valence-corrected chi connectivity index (χ1v) is 10.0. The number of aryl methyl sites for hydroxylation is 2. The van der Waals surface area contributed by atoms with E-state index in [9.17, 15) is 9.59 Å². The van der Waals surface area contributed by atoms with Crippen LogP contribution in [-0.2, 0) is 16.1 Å². The van der Waals surface area contributed by atoms with E-state index in [0.717, 1.165) is 21.6 Å². The summed E-state index contributed by atoms with van der Waals surface area (Å²) in [5.74, 6) is -0.144. The first-order valence-electron chi connectivity index (χ1n) is 9.63. The summed E-state index contributed by atoms with van der Waals surface area (Å²) in [7, 11) is 0. The van der Waals surface area contributed by atoms with E-state index in [0.29, 0.717) is 16.5 Å². The highest BCUT2D eigenvalue weighted by Gasteiger charge is 2.55. The second-order valence-corrected chi connectivity index (χ2v) is 7.93. The topological polar surface area (TPSA) is 104 Å². The van der Waals surface area contributed by atoms with Gasteiger partial charge in [0.25, 0.3) is 11.8 Å². The van der Waals surface area contributed by atoms with Crippen LogP contribution in [0.3, 0.4) is 0 Å². The number of hydrogen-bond donors (Lipinski definition) is 0. The number of aromatic nitrogens is 2. The third-order valence-electron chi connectivity index (χ3n) is 5.31. The van der Waals surface area contributed by atoms with E-state index in [2.05, 4.69) is 20.5 Å². The third-order valence-corrected chi connectivity index (χ3v) is 5.72. The van der Waals surface area contributed by atoms with Crippen LogP contribution in [-0.4, -0.2) is 39.0 Å². The monoisotopic (exact) mass is 436 g/mol. The smallest absolute Gasteiger partial charge is 0.263 e. The van der Waals surface area contributed by atoms with Crippen molar-refractivity contribution in [2.45, 2.75) is 32.5 Å². The zero-order valence-electron chi connectivity index (χ0n) is 16.7. The van der Waals surface area contributed by atoms with Crippen molar-refractivity contribution in [3.05, 3.63) is 64.5 Å². The fourth-order valence-corrected chi connectivity index (χ4v) is 3.86. The van der Waals surface area contributed by atoms with Crippen molar-refractivity contribution in [3.63, 3.8) is 0 Å². The Morgan fingerprint density at radius 2 is 1.94 bits per heavy atom. The summed E-state index contributed by atoms with van der Waals surface area (Å²) >= 11 is 6.18. The molecule has 2 atom stereocenters. The van der Waals surface area contributed by atoms with Crippen LogP contribution in [0.2, 0.25) is 5.02 Å². The van der Waals surface area contributed by atoms with E-state index in [1.165, 1.54) is 5.01 Å². The van der Waals surface area contributed by atoms with Gasteiger partial charge in [0.05, 0.1) is 5.69 Å². The Morgan fingerprint density at radius 3 is 2.71 bits per heavy atom. The summed E-state index contributed by atoms with van der Waals surface area (Å²) in [6, 6.07) is 11.0. The zero-order chi connectivity index (χ0) is 21.7. The number of anilines is 1. The van der Waals surface area contributed by atoms with E-state index < -0.39 is 23.9 Å². The second kappa shape index (κ2) is 7.28. The van der Waals surface area contributed by atoms with Gasteiger partial charge in [-0.3, -0.25) is 14.6 Å². The lowest BCUT2D eigenvalue weighted by atomic mass is 10.1. The third kappa shape index (κ3) is 3.27. The molecule has 0 aliphatic carbocycles. The number of halogens is 1. The lowest BCUT2D eigenvalue weighted by molar-refractivity contribution is -0.123. The van der Waals surface area contributed by atoms with Crippen molar-refractivity contribution in [1.29, 1.82) is 0 Å². The number of benzene rings is 2. The van der Waals surface area contributed by atoms with Crippen molar-refractivity contribution < 1.29 is 14.1 Å². The lowest BCUT2D eigenvalue weighted by Gasteiger charge is -2.19. The van der Waals surface area contributed by atoms with Crippen LogP contribution in [0.1, 0.15) is 17.0 Å². The van der Waals surface area contributed by atoms with Gasteiger partial charge in [-0.1, -0.05) is 51.8 Å². The van der Waals surface area contributed by atoms with Crippen molar-refractivity contribution in [1.82, 2.24) is 15.1 Å². The normalized spacial score (nSPS) is 20.1. The summed E-state index contributed by atoms with van der Waals surface area (Å²) in [4.78, 5) is 31.4. The number of imide groups is 1. The highest BCUT2D eigenvalue weighted by molar-refractivity contribution is 6.32. The molecule has 5 rings (SSSR count). The molecular weight excluding hydrogens is 420 g/mol. The molecule has 0 N–H and O–H groups in total. The molecule has 31 heavy (non-hydrogen) atoms. The van der Waals surface area contributed by atoms with E-state index in [-0.39, 0.29) is 12.4 Å². The molecule has 9 nitrogen and oxygen atoms in total. The Hall–Kier alpha value is -3.59. The zero-order valence-corrected chi connectivity index (χ0v) is 17.4. The maximum Gasteiger partial charge on any atom is 0.263 e. The van der Waals surface area contributed by atoms with Gasteiger partial charge in [0, 0.05) is 10.6 Å². The molecule has 0 unspecified atom stereocenters. The molecule has 2 aliphatic heterocycles. The van der Waals surface area contributed by atoms with Crippen LogP contribution in [0.4, 0.5) is 5.69 Å². The van der Waals surface area contributed by atoms with Crippen molar-refractivity contribution >= 4 is 29.1 Å². The average Bonchev–Trinajstić information content (AvgIpc) is 3.43.